The minimum Gasteiger partial charge on any atom is -0.458 e. The Bertz CT molecular complexity index is 1180. The second kappa shape index (κ2) is 12.6. The van der Waals surface area contributed by atoms with Crippen LogP contribution in [0, 0.1) is 6.92 Å². The van der Waals surface area contributed by atoms with Crippen LogP contribution in [-0.4, -0.2) is 87.3 Å². The number of carbonyl (C=O) groups is 2. The van der Waals surface area contributed by atoms with Crippen LogP contribution in [-0.2, 0) is 20.9 Å². The van der Waals surface area contributed by atoms with E-state index in [1.54, 1.807) is 11.0 Å². The lowest BCUT2D eigenvalue weighted by molar-refractivity contribution is -0.142. The maximum absolute atomic E-state index is 13.8. The molecule has 2 fully saturated rings. The Morgan fingerprint density at radius 1 is 1.21 bits per heavy atom. The molecular weight excluding hydrogens is 506 g/mol. The fraction of sp³-hybridized carbons (Fsp3) is 0.577. The smallest absolute Gasteiger partial charge is 0.248 e. The van der Waals surface area contributed by atoms with Crippen molar-refractivity contribution in [1.29, 1.82) is 0 Å². The number of furan rings is 1. The van der Waals surface area contributed by atoms with E-state index in [1.807, 2.05) is 30.5 Å². The summed E-state index contributed by atoms with van der Waals surface area (Å²) in [5.41, 5.74) is 0. The summed E-state index contributed by atoms with van der Waals surface area (Å²) in [7, 11) is 0. The Kier molecular flexibility index (Phi) is 8.82. The van der Waals surface area contributed by atoms with Gasteiger partial charge in [0, 0.05) is 37.1 Å². The minimum atomic E-state index is -0.705. The number of amides is 2. The molecule has 0 radical (unpaired) electrons. The van der Waals surface area contributed by atoms with Gasteiger partial charge in [0.15, 0.2) is 5.76 Å². The summed E-state index contributed by atoms with van der Waals surface area (Å²) in [6, 6.07) is 6.90. The number of nitrogens with zero attached hydrogens (tertiary/aromatic N) is 6. The van der Waals surface area contributed by atoms with E-state index in [0.29, 0.717) is 18.1 Å². The summed E-state index contributed by atoms with van der Waals surface area (Å²) >= 11 is 1.49. The van der Waals surface area contributed by atoms with Crippen LogP contribution in [0.4, 0.5) is 0 Å². The van der Waals surface area contributed by atoms with E-state index in [4.69, 9.17) is 9.15 Å². The Balaban J connectivity index is 1.34. The van der Waals surface area contributed by atoms with Gasteiger partial charge in [-0.05, 0) is 55.0 Å². The van der Waals surface area contributed by atoms with Crippen molar-refractivity contribution in [2.75, 3.05) is 39.4 Å². The van der Waals surface area contributed by atoms with Gasteiger partial charge < -0.3 is 19.4 Å². The SMILES string of the molecule is Cc1ccc(-c2nnn(CC(=O)N(CCCN3CCOCC3)[C@H](C(=O)NC3CCCC3)c3cccs3)n2)o1. The number of carbonyl (C=O) groups excluding carboxylic acids is 2. The summed E-state index contributed by atoms with van der Waals surface area (Å²) in [4.78, 5) is 33.6. The van der Waals surface area contributed by atoms with E-state index < -0.39 is 6.04 Å². The van der Waals surface area contributed by atoms with Crippen LogP contribution in [0.5, 0.6) is 0 Å². The first kappa shape index (κ1) is 26.5. The molecular formula is C26H35N7O4S. The zero-order valence-electron chi connectivity index (χ0n) is 21.8. The lowest BCUT2D eigenvalue weighted by Gasteiger charge is -2.32. The van der Waals surface area contributed by atoms with E-state index in [-0.39, 0.29) is 24.4 Å². The van der Waals surface area contributed by atoms with Crippen molar-refractivity contribution >= 4 is 23.2 Å². The highest BCUT2D eigenvalue weighted by Crippen LogP contribution is 2.28. The van der Waals surface area contributed by atoms with E-state index in [0.717, 1.165) is 75.6 Å². The maximum atomic E-state index is 13.8. The molecule has 1 N–H and O–H groups in total. The van der Waals surface area contributed by atoms with Crippen molar-refractivity contribution in [3.63, 3.8) is 0 Å². The maximum Gasteiger partial charge on any atom is 0.248 e. The summed E-state index contributed by atoms with van der Waals surface area (Å²) in [6.07, 6.45) is 4.93. The number of hydrogen-bond donors (Lipinski definition) is 1. The number of hydrogen-bond acceptors (Lipinski definition) is 9. The molecule has 3 aromatic heterocycles. The molecule has 0 spiro atoms. The van der Waals surface area contributed by atoms with Gasteiger partial charge in [-0.3, -0.25) is 14.5 Å². The van der Waals surface area contributed by atoms with Gasteiger partial charge in [-0.15, -0.1) is 21.5 Å². The second-order valence-corrected chi connectivity index (χ2v) is 10.8. The molecule has 12 heteroatoms. The minimum absolute atomic E-state index is 0.122. The molecule has 2 amide bonds. The van der Waals surface area contributed by atoms with E-state index >= 15 is 0 Å². The van der Waals surface area contributed by atoms with Crippen LogP contribution < -0.4 is 5.32 Å². The number of nitrogens with one attached hydrogen (secondary N) is 1. The number of tetrazole rings is 1. The highest BCUT2D eigenvalue weighted by molar-refractivity contribution is 7.10. The molecule has 11 nitrogen and oxygen atoms in total. The zero-order chi connectivity index (χ0) is 26.3. The second-order valence-electron chi connectivity index (χ2n) is 9.86. The zero-order valence-corrected chi connectivity index (χ0v) is 22.6. The summed E-state index contributed by atoms with van der Waals surface area (Å²) in [6.45, 7) is 6.19. The average Bonchev–Trinajstić information content (AvgIpc) is 3.73. The van der Waals surface area contributed by atoms with Crippen molar-refractivity contribution in [3.05, 3.63) is 40.3 Å². The standard InChI is InChI=1S/C26H35N7O4S/c1-19-9-10-21(37-19)25-28-30-33(29-25)18-23(34)32(12-5-11-31-13-15-36-16-14-31)24(22-8-4-17-38-22)26(35)27-20-6-2-3-7-20/h4,8-10,17,20,24H,2-3,5-7,11-16,18H2,1H3,(H,27,35)/t24-/m0/s1. The van der Waals surface area contributed by atoms with Gasteiger partial charge >= 0.3 is 0 Å². The number of thiophene rings is 1. The molecule has 204 valence electrons. The molecule has 0 aromatic carbocycles. The highest BCUT2D eigenvalue weighted by Gasteiger charge is 2.34. The van der Waals surface area contributed by atoms with Crippen molar-refractivity contribution < 1.29 is 18.7 Å². The van der Waals surface area contributed by atoms with Crippen LogP contribution in [0.3, 0.4) is 0 Å². The van der Waals surface area contributed by atoms with Crippen LogP contribution in [0.25, 0.3) is 11.6 Å². The summed E-state index contributed by atoms with van der Waals surface area (Å²) in [5, 5.41) is 17.6. The fourth-order valence-electron chi connectivity index (χ4n) is 5.08. The van der Waals surface area contributed by atoms with Gasteiger partial charge in [0.1, 0.15) is 18.3 Å². The van der Waals surface area contributed by atoms with Crippen molar-refractivity contribution in [3.8, 4) is 11.6 Å². The molecule has 1 saturated heterocycles. The number of rotatable bonds is 11. The Hall–Kier alpha value is -3.09. The molecule has 4 heterocycles. The normalized spacial score (nSPS) is 17.5. The van der Waals surface area contributed by atoms with Gasteiger partial charge in [-0.2, -0.15) is 4.80 Å². The van der Waals surface area contributed by atoms with Crippen molar-refractivity contribution in [1.82, 2.24) is 35.3 Å². The predicted molar refractivity (Wildman–Crippen MR) is 141 cm³/mol. The van der Waals surface area contributed by atoms with E-state index in [1.165, 1.54) is 16.1 Å². The first-order chi connectivity index (χ1) is 18.6. The largest absolute Gasteiger partial charge is 0.458 e. The van der Waals surface area contributed by atoms with Gasteiger partial charge in [-0.25, -0.2) is 0 Å². The highest BCUT2D eigenvalue weighted by atomic mass is 32.1. The monoisotopic (exact) mass is 541 g/mol. The van der Waals surface area contributed by atoms with Crippen LogP contribution in [0.2, 0.25) is 0 Å². The Labute approximate surface area is 226 Å². The van der Waals surface area contributed by atoms with E-state index in [9.17, 15) is 9.59 Å². The lowest BCUT2D eigenvalue weighted by Crippen LogP contribution is -2.48. The molecule has 38 heavy (non-hydrogen) atoms. The number of aromatic nitrogens is 4. The number of morpholine rings is 1. The summed E-state index contributed by atoms with van der Waals surface area (Å²) in [5.74, 6) is 1.20. The van der Waals surface area contributed by atoms with Crippen LogP contribution in [0.15, 0.2) is 34.1 Å². The molecule has 3 aromatic rings. The van der Waals surface area contributed by atoms with Crippen LogP contribution >= 0.6 is 11.3 Å². The molecule has 1 atom stereocenters. The van der Waals surface area contributed by atoms with Gasteiger partial charge in [0.2, 0.25) is 17.6 Å². The van der Waals surface area contributed by atoms with Gasteiger partial charge in [0.25, 0.3) is 0 Å². The van der Waals surface area contributed by atoms with E-state index in [2.05, 4.69) is 25.6 Å². The van der Waals surface area contributed by atoms with Crippen molar-refractivity contribution in [2.45, 2.75) is 57.7 Å². The van der Waals surface area contributed by atoms with Gasteiger partial charge in [-0.1, -0.05) is 18.9 Å². The molecule has 5 rings (SSSR count). The topological polar surface area (TPSA) is 119 Å². The first-order valence-corrected chi connectivity index (χ1v) is 14.2. The van der Waals surface area contributed by atoms with Crippen LogP contribution in [0.1, 0.15) is 48.8 Å². The molecule has 2 aliphatic rings. The molecule has 0 unspecified atom stereocenters. The number of aryl methyl sites for hydroxylation is 1. The van der Waals surface area contributed by atoms with Crippen molar-refractivity contribution in [2.24, 2.45) is 0 Å². The average molecular weight is 542 g/mol. The fourth-order valence-corrected chi connectivity index (χ4v) is 5.92. The summed E-state index contributed by atoms with van der Waals surface area (Å²) < 4.78 is 11.1. The third-order valence-corrected chi connectivity index (χ3v) is 7.99. The Morgan fingerprint density at radius 3 is 2.74 bits per heavy atom. The molecule has 0 bridgehead atoms. The molecule has 1 aliphatic carbocycles. The predicted octanol–water partition coefficient (Wildman–Crippen LogP) is 2.65. The quantitative estimate of drug-likeness (QED) is 0.394. The third-order valence-electron chi connectivity index (χ3n) is 7.06. The molecule has 1 aliphatic heterocycles. The first-order valence-electron chi connectivity index (χ1n) is 13.3. The van der Waals surface area contributed by atoms with Gasteiger partial charge in [0.05, 0.1) is 13.2 Å². The lowest BCUT2D eigenvalue weighted by atomic mass is 10.1. The third kappa shape index (κ3) is 6.66. The number of ether oxygens (including phenoxy) is 1. The molecule has 1 saturated carbocycles. The Morgan fingerprint density at radius 2 is 2.03 bits per heavy atom.